The summed E-state index contributed by atoms with van der Waals surface area (Å²) >= 11 is 5.33. The molecule has 1 aromatic rings. The molecule has 4 rings (SSSR count). The zero-order valence-electron chi connectivity index (χ0n) is 18.5. The van der Waals surface area contributed by atoms with E-state index in [-0.39, 0.29) is 40.4 Å². The lowest BCUT2D eigenvalue weighted by Crippen LogP contribution is -2.58. The van der Waals surface area contributed by atoms with Gasteiger partial charge in [-0.25, -0.2) is 0 Å². The number of carbonyl (C=O) groups is 3. The fourth-order valence-corrected chi connectivity index (χ4v) is 9.33. The maximum Gasteiger partial charge on any atom is 0.244 e. The number of fused-ring (bicyclic) bond motifs is 1. The van der Waals surface area contributed by atoms with E-state index in [1.807, 2.05) is 44.2 Å². The number of hydrogen-bond donors (Lipinski definition) is 3. The summed E-state index contributed by atoms with van der Waals surface area (Å²) in [6, 6.07) is 8.27. The van der Waals surface area contributed by atoms with Crippen LogP contribution in [0, 0.1) is 11.8 Å². The minimum atomic E-state index is -0.743. The van der Waals surface area contributed by atoms with Gasteiger partial charge >= 0.3 is 0 Å². The van der Waals surface area contributed by atoms with Gasteiger partial charge in [0.05, 0.1) is 29.2 Å². The highest BCUT2D eigenvalue weighted by molar-refractivity contribution is 9.09. The Morgan fingerprint density at radius 1 is 1.28 bits per heavy atom. The van der Waals surface area contributed by atoms with Crippen molar-refractivity contribution in [3.05, 3.63) is 35.9 Å². The molecule has 3 aliphatic rings. The first-order valence-corrected chi connectivity index (χ1v) is 12.9. The zero-order chi connectivity index (χ0) is 23.2. The summed E-state index contributed by atoms with van der Waals surface area (Å²) < 4.78 is -0.698. The average molecular weight is 524 g/mol. The molecule has 3 heterocycles. The standard InChI is InChI=1S/C23H30BrN3O4S/c1-12(2)26-21(30)19-23-10-15(24)18(32-23)16(20(29)25-3)17(23)22(31)27(19)14(11-28)9-13-7-5-4-6-8-13/h4-8,12,14-19,28H,9-11H2,1-3H3,(H,25,29)(H,26,30)/t14-,15?,16+,17+,18+,19?,23?/m1/s1. The molecule has 0 aromatic heterocycles. The highest BCUT2D eigenvalue weighted by atomic mass is 79.9. The van der Waals surface area contributed by atoms with Crippen LogP contribution >= 0.6 is 27.7 Å². The fraction of sp³-hybridized carbons (Fsp3) is 0.609. The van der Waals surface area contributed by atoms with E-state index in [4.69, 9.17) is 0 Å². The van der Waals surface area contributed by atoms with Gasteiger partial charge in [0.25, 0.3) is 0 Å². The van der Waals surface area contributed by atoms with Gasteiger partial charge in [-0.1, -0.05) is 46.3 Å². The average Bonchev–Trinajstić information content (AvgIpc) is 3.35. The zero-order valence-corrected chi connectivity index (χ0v) is 20.9. The molecule has 0 aliphatic carbocycles. The van der Waals surface area contributed by atoms with E-state index in [9.17, 15) is 19.5 Å². The summed E-state index contributed by atoms with van der Waals surface area (Å²) in [5.41, 5.74) is 0.982. The molecule has 1 aromatic carbocycles. The number of hydrogen-bond acceptors (Lipinski definition) is 5. The highest BCUT2D eigenvalue weighted by Gasteiger charge is 2.76. The van der Waals surface area contributed by atoms with Crippen molar-refractivity contribution in [3.63, 3.8) is 0 Å². The molecule has 3 fully saturated rings. The number of nitrogens with zero attached hydrogens (tertiary/aromatic N) is 1. The van der Waals surface area contributed by atoms with Crippen molar-refractivity contribution in [1.29, 1.82) is 0 Å². The Hall–Kier alpha value is -1.58. The van der Waals surface area contributed by atoms with Crippen LogP contribution in [0.5, 0.6) is 0 Å². The van der Waals surface area contributed by atoms with E-state index in [2.05, 4.69) is 26.6 Å². The van der Waals surface area contributed by atoms with E-state index in [0.29, 0.717) is 12.8 Å². The topological polar surface area (TPSA) is 98.7 Å². The smallest absolute Gasteiger partial charge is 0.244 e. The molecule has 1 spiro atoms. The van der Waals surface area contributed by atoms with Crippen molar-refractivity contribution < 1.29 is 19.5 Å². The third kappa shape index (κ3) is 3.66. The molecule has 9 heteroatoms. The lowest BCUT2D eigenvalue weighted by atomic mass is 9.70. The number of benzene rings is 1. The summed E-state index contributed by atoms with van der Waals surface area (Å²) in [5, 5.41) is 16.0. The van der Waals surface area contributed by atoms with Gasteiger partial charge in [0.15, 0.2) is 0 Å². The number of aliphatic hydroxyl groups is 1. The number of nitrogens with one attached hydrogen (secondary N) is 2. The maximum atomic E-state index is 13.9. The number of halogens is 1. The second kappa shape index (κ2) is 8.99. The van der Waals surface area contributed by atoms with Crippen molar-refractivity contribution in [2.75, 3.05) is 13.7 Å². The largest absolute Gasteiger partial charge is 0.394 e. The first kappa shape index (κ1) is 23.6. The molecule has 174 valence electrons. The minimum Gasteiger partial charge on any atom is -0.394 e. The molecule has 3 amide bonds. The first-order chi connectivity index (χ1) is 15.2. The number of carbonyl (C=O) groups excluding carboxylic acids is 3. The monoisotopic (exact) mass is 523 g/mol. The van der Waals surface area contributed by atoms with Crippen LogP contribution < -0.4 is 10.6 Å². The maximum absolute atomic E-state index is 13.9. The Labute approximate surface area is 201 Å². The van der Waals surface area contributed by atoms with Gasteiger partial charge in [-0.05, 0) is 32.3 Å². The van der Waals surface area contributed by atoms with Crippen molar-refractivity contribution in [1.82, 2.24) is 15.5 Å². The number of aliphatic hydroxyl groups excluding tert-OH is 1. The fourth-order valence-electron chi connectivity index (χ4n) is 5.73. The van der Waals surface area contributed by atoms with Crippen LogP contribution in [-0.2, 0) is 20.8 Å². The van der Waals surface area contributed by atoms with E-state index < -0.39 is 28.7 Å². The molecular formula is C23H30BrN3O4S. The van der Waals surface area contributed by atoms with Crippen LogP contribution in [0.2, 0.25) is 0 Å². The van der Waals surface area contributed by atoms with Gasteiger partial charge in [0, 0.05) is 23.2 Å². The molecule has 3 aliphatic heterocycles. The van der Waals surface area contributed by atoms with Gasteiger partial charge in [-0.15, -0.1) is 11.8 Å². The van der Waals surface area contributed by atoms with Gasteiger partial charge in [-0.3, -0.25) is 14.4 Å². The molecule has 7 atom stereocenters. The number of amides is 3. The van der Waals surface area contributed by atoms with Crippen LogP contribution in [0.15, 0.2) is 30.3 Å². The summed E-state index contributed by atoms with van der Waals surface area (Å²) in [7, 11) is 1.58. The molecule has 2 bridgehead atoms. The van der Waals surface area contributed by atoms with E-state index in [1.165, 1.54) is 0 Å². The van der Waals surface area contributed by atoms with E-state index in [1.54, 1.807) is 23.7 Å². The van der Waals surface area contributed by atoms with Crippen molar-refractivity contribution in [2.24, 2.45) is 11.8 Å². The Bertz CT molecular complexity index is 900. The van der Waals surface area contributed by atoms with E-state index >= 15 is 0 Å². The second-order valence-corrected chi connectivity index (χ2v) is 11.9. The Morgan fingerprint density at radius 3 is 2.56 bits per heavy atom. The Kier molecular flexibility index (Phi) is 6.62. The predicted octanol–water partition coefficient (Wildman–Crippen LogP) is 1.33. The number of rotatable bonds is 7. The van der Waals surface area contributed by atoms with Crippen LogP contribution in [0.1, 0.15) is 25.8 Å². The van der Waals surface area contributed by atoms with E-state index in [0.717, 1.165) is 5.56 Å². The van der Waals surface area contributed by atoms with Gasteiger partial charge in [0.2, 0.25) is 17.7 Å². The van der Waals surface area contributed by atoms with Crippen molar-refractivity contribution in [2.45, 2.75) is 59.6 Å². The SMILES string of the molecule is CNC(=O)[C@H]1[C@H]2C(=O)N([C@@H](CO)Cc3ccccc3)C(C(=O)NC(C)C)C23CC(Br)[C@@H]1S3. The Morgan fingerprint density at radius 2 is 1.97 bits per heavy atom. The lowest BCUT2D eigenvalue weighted by Gasteiger charge is -2.37. The molecule has 32 heavy (non-hydrogen) atoms. The van der Waals surface area contributed by atoms with Crippen LogP contribution in [-0.4, -0.2) is 74.3 Å². The third-order valence-corrected chi connectivity index (χ3v) is 10.1. The normalized spacial score (nSPS) is 34.0. The van der Waals surface area contributed by atoms with Gasteiger partial charge in [-0.2, -0.15) is 0 Å². The van der Waals surface area contributed by atoms with Crippen LogP contribution in [0.3, 0.4) is 0 Å². The number of thioether (sulfide) groups is 1. The quantitative estimate of drug-likeness (QED) is 0.468. The number of likely N-dealkylation sites (tertiary alicyclic amines) is 1. The van der Waals surface area contributed by atoms with Gasteiger partial charge < -0.3 is 20.6 Å². The van der Waals surface area contributed by atoms with Gasteiger partial charge in [0.1, 0.15) is 6.04 Å². The summed E-state index contributed by atoms with van der Waals surface area (Å²) in [6.45, 7) is 3.52. The predicted molar refractivity (Wildman–Crippen MR) is 127 cm³/mol. The summed E-state index contributed by atoms with van der Waals surface area (Å²) in [4.78, 5) is 42.0. The highest BCUT2D eigenvalue weighted by Crippen LogP contribution is 2.67. The Balaban J connectivity index is 1.77. The molecule has 0 radical (unpaired) electrons. The molecule has 3 saturated heterocycles. The summed E-state index contributed by atoms with van der Waals surface area (Å²) in [6.07, 6.45) is 1.07. The van der Waals surface area contributed by atoms with Crippen molar-refractivity contribution in [3.8, 4) is 0 Å². The van der Waals surface area contributed by atoms with Crippen LogP contribution in [0.25, 0.3) is 0 Å². The molecule has 0 saturated carbocycles. The van der Waals surface area contributed by atoms with Crippen LogP contribution in [0.4, 0.5) is 0 Å². The minimum absolute atomic E-state index is 0.0369. The molecule has 7 nitrogen and oxygen atoms in total. The summed E-state index contributed by atoms with van der Waals surface area (Å²) in [5.74, 6) is -1.68. The second-order valence-electron chi connectivity index (χ2n) is 9.21. The van der Waals surface area contributed by atoms with Crippen molar-refractivity contribution >= 4 is 45.4 Å². The third-order valence-electron chi connectivity index (χ3n) is 6.87. The first-order valence-electron chi connectivity index (χ1n) is 11.1. The molecule has 3 N–H and O–H groups in total. The lowest BCUT2D eigenvalue weighted by molar-refractivity contribution is -0.142. The molecular weight excluding hydrogens is 494 g/mol. The number of alkyl halides is 1. The molecule has 3 unspecified atom stereocenters.